The van der Waals surface area contributed by atoms with Gasteiger partial charge in [0, 0.05) is 29.8 Å². The van der Waals surface area contributed by atoms with Crippen LogP contribution < -0.4 is 10.6 Å². The number of carbonyl (C=O) groups is 1. The smallest absolute Gasteiger partial charge is 0.221 e. The van der Waals surface area contributed by atoms with E-state index in [1.165, 1.54) is 19.1 Å². The van der Waals surface area contributed by atoms with E-state index in [4.69, 9.17) is 0 Å². The van der Waals surface area contributed by atoms with Crippen molar-refractivity contribution in [2.24, 2.45) is 0 Å². The highest BCUT2D eigenvalue weighted by atomic mass is 32.2. The first-order valence-corrected chi connectivity index (χ1v) is 8.12. The molecule has 1 amide bonds. The lowest BCUT2D eigenvalue weighted by molar-refractivity contribution is -0.114. The molecule has 4 nitrogen and oxygen atoms in total. The first kappa shape index (κ1) is 16.2. The molecule has 0 spiro atoms. The highest BCUT2D eigenvalue weighted by Gasteiger charge is 2.06. The molecule has 0 bridgehead atoms. The Morgan fingerprint density at radius 2 is 1.91 bits per heavy atom. The van der Waals surface area contributed by atoms with Gasteiger partial charge in [0.05, 0.1) is 16.5 Å². The zero-order valence-electron chi connectivity index (χ0n) is 12.1. The van der Waals surface area contributed by atoms with Crippen LogP contribution in [0.1, 0.15) is 6.92 Å². The SMILES string of the molecule is CC(=O)Nc1cc(NCC[S@](=O)c2ccccc2)ccc1F. The number of nitrogens with one attached hydrogen (secondary N) is 2. The Hall–Kier alpha value is -2.21. The van der Waals surface area contributed by atoms with E-state index in [0.717, 1.165) is 4.90 Å². The van der Waals surface area contributed by atoms with Crippen LogP contribution in [-0.4, -0.2) is 22.4 Å². The molecule has 0 aliphatic carbocycles. The van der Waals surface area contributed by atoms with Crippen LogP contribution in [0.15, 0.2) is 53.4 Å². The standard InChI is InChI=1S/C16H17FN2O2S/c1-12(20)19-16-11-13(7-8-15(16)17)18-9-10-22(21)14-5-3-2-4-6-14/h2-8,11,18H,9-10H2,1H3,(H,19,20)/t22-/m0/s1. The molecule has 2 aromatic rings. The van der Waals surface area contributed by atoms with Gasteiger partial charge in [0.1, 0.15) is 5.82 Å². The van der Waals surface area contributed by atoms with Crippen molar-refractivity contribution in [2.75, 3.05) is 22.9 Å². The highest BCUT2D eigenvalue weighted by Crippen LogP contribution is 2.19. The third kappa shape index (κ3) is 4.66. The predicted molar refractivity (Wildman–Crippen MR) is 86.9 cm³/mol. The van der Waals surface area contributed by atoms with Gasteiger partial charge >= 0.3 is 0 Å². The molecule has 0 aromatic heterocycles. The van der Waals surface area contributed by atoms with Gasteiger partial charge in [-0.25, -0.2) is 4.39 Å². The fraction of sp³-hybridized carbons (Fsp3) is 0.188. The molecule has 0 radical (unpaired) electrons. The van der Waals surface area contributed by atoms with E-state index in [1.54, 1.807) is 6.07 Å². The molecule has 0 unspecified atom stereocenters. The zero-order chi connectivity index (χ0) is 15.9. The van der Waals surface area contributed by atoms with E-state index >= 15 is 0 Å². The topological polar surface area (TPSA) is 58.2 Å². The molecule has 0 saturated heterocycles. The van der Waals surface area contributed by atoms with Gasteiger partial charge in [-0.15, -0.1) is 0 Å². The summed E-state index contributed by atoms with van der Waals surface area (Å²) < 4.78 is 25.6. The van der Waals surface area contributed by atoms with Gasteiger partial charge in [0.25, 0.3) is 0 Å². The van der Waals surface area contributed by atoms with Gasteiger partial charge in [0.15, 0.2) is 0 Å². The Morgan fingerprint density at radius 1 is 1.18 bits per heavy atom. The Labute approximate surface area is 131 Å². The fourth-order valence-corrected chi connectivity index (χ4v) is 2.88. The summed E-state index contributed by atoms with van der Waals surface area (Å²) in [5, 5.41) is 5.50. The molecule has 0 saturated carbocycles. The van der Waals surface area contributed by atoms with Crippen LogP contribution in [0.4, 0.5) is 15.8 Å². The van der Waals surface area contributed by atoms with Crippen molar-refractivity contribution in [1.29, 1.82) is 0 Å². The minimum absolute atomic E-state index is 0.127. The van der Waals surface area contributed by atoms with E-state index < -0.39 is 16.6 Å². The average Bonchev–Trinajstić information content (AvgIpc) is 2.50. The number of anilines is 2. The lowest BCUT2D eigenvalue weighted by atomic mass is 10.2. The van der Waals surface area contributed by atoms with Gasteiger partial charge in [-0.2, -0.15) is 0 Å². The second-order valence-electron chi connectivity index (χ2n) is 4.67. The summed E-state index contributed by atoms with van der Waals surface area (Å²) in [5.74, 6) is -0.383. The van der Waals surface area contributed by atoms with Gasteiger partial charge in [-0.1, -0.05) is 18.2 Å². The first-order valence-electron chi connectivity index (χ1n) is 6.80. The van der Waals surface area contributed by atoms with Crippen LogP contribution >= 0.6 is 0 Å². The maximum absolute atomic E-state index is 13.5. The molecule has 116 valence electrons. The van der Waals surface area contributed by atoms with Crippen molar-refractivity contribution < 1.29 is 13.4 Å². The molecular formula is C16H17FN2O2S. The number of hydrogen-bond donors (Lipinski definition) is 2. The summed E-state index contributed by atoms with van der Waals surface area (Å²) in [6.07, 6.45) is 0. The number of amides is 1. The quantitative estimate of drug-likeness (QED) is 0.860. The van der Waals surface area contributed by atoms with Crippen molar-refractivity contribution in [3.8, 4) is 0 Å². The molecule has 0 aliphatic heterocycles. The Kier molecular flexibility index (Phi) is 5.66. The molecule has 0 aliphatic rings. The molecular weight excluding hydrogens is 303 g/mol. The normalized spacial score (nSPS) is 11.7. The molecule has 2 N–H and O–H groups in total. The van der Waals surface area contributed by atoms with Crippen LogP contribution in [0.25, 0.3) is 0 Å². The predicted octanol–water partition coefficient (Wildman–Crippen LogP) is 3.00. The molecule has 0 fully saturated rings. The van der Waals surface area contributed by atoms with E-state index in [0.29, 0.717) is 18.0 Å². The highest BCUT2D eigenvalue weighted by molar-refractivity contribution is 7.85. The maximum Gasteiger partial charge on any atom is 0.221 e. The summed E-state index contributed by atoms with van der Waals surface area (Å²) >= 11 is 0. The van der Waals surface area contributed by atoms with Crippen molar-refractivity contribution in [1.82, 2.24) is 0 Å². The van der Waals surface area contributed by atoms with Crippen LogP contribution in [0.5, 0.6) is 0 Å². The molecule has 2 rings (SSSR count). The van der Waals surface area contributed by atoms with Crippen molar-refractivity contribution in [2.45, 2.75) is 11.8 Å². The van der Waals surface area contributed by atoms with Crippen LogP contribution in [0.2, 0.25) is 0 Å². The zero-order valence-corrected chi connectivity index (χ0v) is 13.0. The molecule has 2 aromatic carbocycles. The number of benzene rings is 2. The van der Waals surface area contributed by atoms with E-state index in [-0.39, 0.29) is 11.6 Å². The van der Waals surface area contributed by atoms with Gasteiger partial charge < -0.3 is 10.6 Å². The molecule has 22 heavy (non-hydrogen) atoms. The van der Waals surface area contributed by atoms with Gasteiger partial charge in [-0.3, -0.25) is 9.00 Å². The van der Waals surface area contributed by atoms with Crippen molar-refractivity contribution in [3.05, 3.63) is 54.3 Å². The minimum atomic E-state index is -1.08. The molecule has 6 heteroatoms. The lowest BCUT2D eigenvalue weighted by Crippen LogP contribution is -2.12. The Balaban J connectivity index is 1.92. The van der Waals surface area contributed by atoms with Crippen molar-refractivity contribution >= 4 is 28.1 Å². The average molecular weight is 320 g/mol. The fourth-order valence-electron chi connectivity index (χ4n) is 1.90. The summed E-state index contributed by atoms with van der Waals surface area (Å²) in [6, 6.07) is 13.6. The molecule has 1 atom stereocenters. The van der Waals surface area contributed by atoms with Gasteiger partial charge in [-0.05, 0) is 30.3 Å². The second kappa shape index (κ2) is 7.70. The van der Waals surface area contributed by atoms with Crippen molar-refractivity contribution in [3.63, 3.8) is 0 Å². The summed E-state index contributed by atoms with van der Waals surface area (Å²) in [4.78, 5) is 11.8. The van der Waals surface area contributed by atoms with Crippen LogP contribution in [-0.2, 0) is 15.6 Å². The summed E-state index contributed by atoms with van der Waals surface area (Å²) in [6.45, 7) is 1.80. The van der Waals surface area contributed by atoms with Crippen LogP contribution in [0.3, 0.4) is 0 Å². The number of carbonyl (C=O) groups excluding carboxylic acids is 1. The maximum atomic E-state index is 13.5. The third-order valence-corrected chi connectivity index (χ3v) is 4.27. The van der Waals surface area contributed by atoms with E-state index in [2.05, 4.69) is 10.6 Å². The Bertz CT molecular complexity index is 677. The number of hydrogen-bond acceptors (Lipinski definition) is 3. The number of rotatable bonds is 6. The lowest BCUT2D eigenvalue weighted by Gasteiger charge is -2.09. The summed E-state index contributed by atoms with van der Waals surface area (Å²) in [7, 11) is -1.08. The van der Waals surface area contributed by atoms with E-state index in [1.807, 2.05) is 30.3 Å². The minimum Gasteiger partial charge on any atom is -0.384 e. The van der Waals surface area contributed by atoms with Gasteiger partial charge in [0.2, 0.25) is 5.91 Å². The second-order valence-corrected chi connectivity index (χ2v) is 6.24. The molecule has 0 heterocycles. The first-order chi connectivity index (χ1) is 10.6. The monoisotopic (exact) mass is 320 g/mol. The largest absolute Gasteiger partial charge is 0.384 e. The summed E-state index contributed by atoms with van der Waals surface area (Å²) in [5.41, 5.74) is 0.789. The van der Waals surface area contributed by atoms with E-state index in [9.17, 15) is 13.4 Å². The third-order valence-electron chi connectivity index (χ3n) is 2.90. The number of halogens is 1. The van der Waals surface area contributed by atoms with Crippen LogP contribution in [0, 0.1) is 5.82 Å². The Morgan fingerprint density at radius 3 is 2.59 bits per heavy atom.